The molecule has 1 unspecified atom stereocenters. The summed E-state index contributed by atoms with van der Waals surface area (Å²) in [6.07, 6.45) is 2.19. The first kappa shape index (κ1) is 24.3. The number of halogens is 1. The Morgan fingerprint density at radius 1 is 1.18 bits per heavy atom. The second kappa shape index (κ2) is 10.2. The molecule has 1 aliphatic rings. The molecule has 7 nitrogen and oxygen atoms in total. The number of aliphatic hydroxyl groups is 1. The zero-order valence-electron chi connectivity index (χ0n) is 20.1. The Balaban J connectivity index is 1.33. The van der Waals surface area contributed by atoms with Crippen LogP contribution >= 0.6 is 11.3 Å². The highest BCUT2D eigenvalue weighted by atomic mass is 32.1. The quantitative estimate of drug-likeness (QED) is 0.527. The minimum absolute atomic E-state index is 0.199. The Labute approximate surface area is 203 Å². The third kappa shape index (κ3) is 5.64. The molecule has 0 radical (unpaired) electrons. The number of anilines is 2. The number of benzene rings is 1. The molecule has 3 aromatic rings. The van der Waals surface area contributed by atoms with E-state index in [9.17, 15) is 14.3 Å². The van der Waals surface area contributed by atoms with E-state index in [0.29, 0.717) is 61.5 Å². The maximum absolute atomic E-state index is 14.8. The molecule has 2 amide bonds. The lowest BCUT2D eigenvalue weighted by molar-refractivity contribution is 0.149. The second-order valence-corrected chi connectivity index (χ2v) is 10.5. The van der Waals surface area contributed by atoms with E-state index < -0.39 is 11.9 Å². The van der Waals surface area contributed by atoms with Crippen LogP contribution in [-0.2, 0) is 6.42 Å². The predicted octanol–water partition coefficient (Wildman–Crippen LogP) is 4.75. The standard InChI is InChI=1S/C25H32FN5O2S/c1-15(2)9-19(32)12-18-13-20(26)23(27-14-18)30-5-7-31(8-6-30)25(33)29-24-28-21-10-16(3)17(4)11-22(21)34-24/h10-11,13-15,19,32H,5-9,12H2,1-4H3,(H,28,29,33). The van der Waals surface area contributed by atoms with Crippen molar-refractivity contribution in [2.45, 2.75) is 46.6 Å². The number of pyridine rings is 1. The Kier molecular flexibility index (Phi) is 7.33. The molecule has 1 aromatic carbocycles. The molecule has 4 rings (SSSR count). The van der Waals surface area contributed by atoms with Crippen molar-refractivity contribution in [2.24, 2.45) is 5.92 Å². The van der Waals surface area contributed by atoms with E-state index in [1.807, 2.05) is 31.7 Å². The van der Waals surface area contributed by atoms with Gasteiger partial charge in [-0.2, -0.15) is 0 Å². The number of nitrogens with one attached hydrogen (secondary N) is 1. The largest absolute Gasteiger partial charge is 0.393 e. The highest BCUT2D eigenvalue weighted by Crippen LogP contribution is 2.29. The first-order valence-corrected chi connectivity index (χ1v) is 12.5. The van der Waals surface area contributed by atoms with Crippen molar-refractivity contribution in [3.8, 4) is 0 Å². The van der Waals surface area contributed by atoms with Crippen LogP contribution in [0, 0.1) is 25.6 Å². The summed E-state index contributed by atoms with van der Waals surface area (Å²) in [6.45, 7) is 10.1. The molecule has 2 aromatic heterocycles. The molecule has 1 saturated heterocycles. The number of rotatable bonds is 6. The average Bonchev–Trinajstić information content (AvgIpc) is 3.14. The summed E-state index contributed by atoms with van der Waals surface area (Å²) in [4.78, 5) is 25.2. The molecule has 1 fully saturated rings. The fraction of sp³-hybridized carbons (Fsp3) is 0.480. The normalized spacial score (nSPS) is 15.3. The van der Waals surface area contributed by atoms with Crippen molar-refractivity contribution >= 4 is 38.5 Å². The van der Waals surface area contributed by atoms with E-state index >= 15 is 0 Å². The summed E-state index contributed by atoms with van der Waals surface area (Å²) < 4.78 is 15.8. The Bertz CT molecular complexity index is 1130. The number of carbonyl (C=O) groups is 1. The van der Waals surface area contributed by atoms with Gasteiger partial charge in [0, 0.05) is 32.4 Å². The van der Waals surface area contributed by atoms with Crippen molar-refractivity contribution < 1.29 is 14.3 Å². The van der Waals surface area contributed by atoms with Crippen LogP contribution in [0.1, 0.15) is 37.0 Å². The summed E-state index contributed by atoms with van der Waals surface area (Å²) in [6, 6.07) is 5.39. The number of carbonyl (C=O) groups excluding carboxylic acids is 1. The Morgan fingerprint density at radius 3 is 2.56 bits per heavy atom. The summed E-state index contributed by atoms with van der Waals surface area (Å²) in [5.41, 5.74) is 3.95. The lowest BCUT2D eigenvalue weighted by Crippen LogP contribution is -2.50. The van der Waals surface area contributed by atoms with Crippen LogP contribution in [0.25, 0.3) is 10.2 Å². The van der Waals surface area contributed by atoms with Crippen LogP contribution in [0.2, 0.25) is 0 Å². The van der Waals surface area contributed by atoms with Crippen LogP contribution in [0.3, 0.4) is 0 Å². The zero-order chi connectivity index (χ0) is 24.4. The smallest absolute Gasteiger partial charge is 0.323 e. The maximum atomic E-state index is 14.8. The number of hydrogen-bond donors (Lipinski definition) is 2. The van der Waals surface area contributed by atoms with Crippen LogP contribution in [-0.4, -0.2) is 58.3 Å². The number of aromatic nitrogens is 2. The van der Waals surface area contributed by atoms with E-state index in [4.69, 9.17) is 0 Å². The van der Waals surface area contributed by atoms with Gasteiger partial charge in [-0.25, -0.2) is 19.2 Å². The van der Waals surface area contributed by atoms with Crippen molar-refractivity contribution in [2.75, 3.05) is 36.4 Å². The molecular weight excluding hydrogens is 453 g/mol. The number of aryl methyl sites for hydroxylation is 2. The highest BCUT2D eigenvalue weighted by Gasteiger charge is 2.24. The molecule has 0 aliphatic carbocycles. The summed E-state index contributed by atoms with van der Waals surface area (Å²) in [7, 11) is 0. The molecule has 0 spiro atoms. The zero-order valence-corrected chi connectivity index (χ0v) is 21.0. The van der Waals surface area contributed by atoms with Gasteiger partial charge < -0.3 is 14.9 Å². The monoisotopic (exact) mass is 485 g/mol. The van der Waals surface area contributed by atoms with Gasteiger partial charge in [0.2, 0.25) is 0 Å². The number of hydrogen-bond acceptors (Lipinski definition) is 6. The summed E-state index contributed by atoms with van der Waals surface area (Å²) in [5.74, 6) is 0.273. The number of amides is 2. The van der Waals surface area contributed by atoms with E-state index in [-0.39, 0.29) is 6.03 Å². The van der Waals surface area contributed by atoms with E-state index in [2.05, 4.69) is 28.3 Å². The first-order chi connectivity index (χ1) is 16.2. The number of urea groups is 1. The molecule has 0 bridgehead atoms. The summed E-state index contributed by atoms with van der Waals surface area (Å²) in [5, 5.41) is 13.6. The van der Waals surface area contributed by atoms with E-state index in [1.165, 1.54) is 28.5 Å². The fourth-order valence-corrected chi connectivity index (χ4v) is 5.17. The maximum Gasteiger partial charge on any atom is 0.323 e. The fourth-order valence-electron chi connectivity index (χ4n) is 4.24. The molecule has 182 valence electrons. The SMILES string of the molecule is Cc1cc2nc(NC(=O)N3CCN(c4ncc(CC(O)CC(C)C)cc4F)CC3)sc2cc1C. The van der Waals surface area contributed by atoms with Gasteiger partial charge in [-0.1, -0.05) is 25.2 Å². The first-order valence-electron chi connectivity index (χ1n) is 11.7. The Morgan fingerprint density at radius 2 is 1.88 bits per heavy atom. The van der Waals surface area contributed by atoms with Gasteiger partial charge in [0.05, 0.1) is 16.3 Å². The van der Waals surface area contributed by atoms with Gasteiger partial charge in [0.1, 0.15) is 0 Å². The second-order valence-electron chi connectivity index (χ2n) is 9.46. The van der Waals surface area contributed by atoms with Crippen molar-refractivity contribution in [3.05, 3.63) is 46.9 Å². The predicted molar refractivity (Wildman–Crippen MR) is 135 cm³/mol. The van der Waals surface area contributed by atoms with Gasteiger partial charge in [-0.3, -0.25) is 5.32 Å². The molecule has 3 heterocycles. The minimum atomic E-state index is -0.502. The third-order valence-corrected chi connectivity index (χ3v) is 7.11. The Hall–Kier alpha value is -2.78. The van der Waals surface area contributed by atoms with Crippen molar-refractivity contribution in [3.63, 3.8) is 0 Å². The summed E-state index contributed by atoms with van der Waals surface area (Å²) >= 11 is 1.46. The number of aliphatic hydroxyl groups excluding tert-OH is 1. The molecule has 9 heteroatoms. The third-order valence-electron chi connectivity index (χ3n) is 6.18. The van der Waals surface area contributed by atoms with Gasteiger partial charge in [-0.05, 0) is 67.5 Å². The van der Waals surface area contributed by atoms with Crippen LogP contribution in [0.5, 0.6) is 0 Å². The number of thiazole rings is 1. The topological polar surface area (TPSA) is 81.6 Å². The molecule has 1 atom stereocenters. The molecule has 1 aliphatic heterocycles. The molecular formula is C25H32FN5O2S. The average molecular weight is 486 g/mol. The van der Waals surface area contributed by atoms with Crippen molar-refractivity contribution in [1.29, 1.82) is 0 Å². The van der Waals surface area contributed by atoms with Crippen LogP contribution < -0.4 is 10.2 Å². The van der Waals surface area contributed by atoms with Crippen LogP contribution in [0.4, 0.5) is 20.1 Å². The minimum Gasteiger partial charge on any atom is -0.393 e. The van der Waals surface area contributed by atoms with Gasteiger partial charge in [-0.15, -0.1) is 0 Å². The van der Waals surface area contributed by atoms with E-state index in [0.717, 1.165) is 10.2 Å². The highest BCUT2D eigenvalue weighted by molar-refractivity contribution is 7.22. The lowest BCUT2D eigenvalue weighted by atomic mass is 10.0. The number of piperazine rings is 1. The van der Waals surface area contributed by atoms with Crippen LogP contribution in [0.15, 0.2) is 24.4 Å². The van der Waals surface area contributed by atoms with E-state index in [1.54, 1.807) is 11.1 Å². The van der Waals surface area contributed by atoms with Gasteiger partial charge in [0.15, 0.2) is 16.8 Å². The lowest BCUT2D eigenvalue weighted by Gasteiger charge is -2.35. The molecule has 2 N–H and O–H groups in total. The molecule has 0 saturated carbocycles. The van der Waals surface area contributed by atoms with Gasteiger partial charge >= 0.3 is 6.03 Å². The number of fused-ring (bicyclic) bond motifs is 1. The number of nitrogens with zero attached hydrogens (tertiary/aromatic N) is 4. The molecule has 34 heavy (non-hydrogen) atoms. The van der Waals surface area contributed by atoms with Gasteiger partial charge in [0.25, 0.3) is 0 Å². The van der Waals surface area contributed by atoms with Crippen molar-refractivity contribution in [1.82, 2.24) is 14.9 Å².